The molecule has 0 aromatic heterocycles. The lowest BCUT2D eigenvalue weighted by Crippen LogP contribution is -2.48. The van der Waals surface area contributed by atoms with Crippen LogP contribution in [0.1, 0.15) is 38.2 Å². The molecule has 1 aromatic rings. The van der Waals surface area contributed by atoms with Crippen LogP contribution in [0.15, 0.2) is 29.3 Å². The molecule has 156 valence electrons. The molecule has 28 heavy (non-hydrogen) atoms. The van der Waals surface area contributed by atoms with Gasteiger partial charge in [0.25, 0.3) is 0 Å². The van der Waals surface area contributed by atoms with Crippen molar-refractivity contribution in [2.75, 3.05) is 46.4 Å². The highest BCUT2D eigenvalue weighted by Crippen LogP contribution is 2.20. The monoisotopic (exact) mass is 390 g/mol. The Morgan fingerprint density at radius 1 is 1.14 bits per heavy atom. The summed E-state index contributed by atoms with van der Waals surface area (Å²) >= 11 is 0. The molecule has 0 spiro atoms. The van der Waals surface area contributed by atoms with E-state index < -0.39 is 0 Å². The molecule has 2 fully saturated rings. The molecule has 0 saturated carbocycles. The van der Waals surface area contributed by atoms with E-state index in [1.165, 1.54) is 0 Å². The van der Waals surface area contributed by atoms with Gasteiger partial charge in [-0.15, -0.1) is 0 Å². The highest BCUT2D eigenvalue weighted by Gasteiger charge is 2.24. The maximum Gasteiger partial charge on any atom is 0.193 e. The molecule has 0 amide bonds. The van der Waals surface area contributed by atoms with Crippen LogP contribution in [0.2, 0.25) is 0 Å². The van der Waals surface area contributed by atoms with E-state index >= 15 is 0 Å². The van der Waals surface area contributed by atoms with Crippen molar-refractivity contribution in [1.29, 1.82) is 0 Å². The summed E-state index contributed by atoms with van der Waals surface area (Å²) in [6.45, 7) is 8.60. The number of rotatable bonds is 6. The zero-order valence-electron chi connectivity index (χ0n) is 17.4. The highest BCUT2D eigenvalue weighted by atomic mass is 19.1. The number of likely N-dealkylation sites (tertiary alicyclic amines) is 2. The Labute approximate surface area is 169 Å². The zero-order valence-corrected chi connectivity index (χ0v) is 17.4. The maximum absolute atomic E-state index is 13.9. The lowest BCUT2D eigenvalue weighted by Gasteiger charge is -2.36. The molecular weight excluding hydrogens is 355 g/mol. The zero-order chi connectivity index (χ0) is 19.8. The molecule has 0 bridgehead atoms. The summed E-state index contributed by atoms with van der Waals surface area (Å²) in [7, 11) is 1.87. The average molecular weight is 391 g/mol. The van der Waals surface area contributed by atoms with Crippen LogP contribution in [0.5, 0.6) is 0 Å². The molecule has 2 aliphatic heterocycles. The predicted molar refractivity (Wildman–Crippen MR) is 112 cm³/mol. The first kappa shape index (κ1) is 21.1. The number of nitrogens with zero attached hydrogens (tertiary/aromatic N) is 3. The van der Waals surface area contributed by atoms with Crippen molar-refractivity contribution >= 4 is 5.96 Å². The Kier molecular flexibility index (Phi) is 8.10. The van der Waals surface area contributed by atoms with E-state index in [-0.39, 0.29) is 5.82 Å². The normalized spacial score (nSPS) is 20.5. The standard InChI is InChI=1S/C22H35FN4O/c1-3-28-20-10-14-27(15-11-20)22(24-2)25-16-18-8-12-26(13-9-18)17-19-6-4-5-7-21(19)23/h4-7,18,20H,3,8-17H2,1-2H3,(H,24,25). The minimum atomic E-state index is -0.0943. The van der Waals surface area contributed by atoms with Crippen LogP contribution in [0, 0.1) is 11.7 Å². The topological polar surface area (TPSA) is 40.1 Å². The van der Waals surface area contributed by atoms with Crippen molar-refractivity contribution in [1.82, 2.24) is 15.1 Å². The van der Waals surface area contributed by atoms with Crippen LogP contribution >= 0.6 is 0 Å². The van der Waals surface area contributed by atoms with Crippen molar-refractivity contribution in [3.05, 3.63) is 35.6 Å². The van der Waals surface area contributed by atoms with Gasteiger partial charge in [-0.05, 0) is 57.7 Å². The summed E-state index contributed by atoms with van der Waals surface area (Å²) in [5, 5.41) is 3.59. The second-order valence-electron chi connectivity index (χ2n) is 7.88. The smallest absolute Gasteiger partial charge is 0.193 e. The van der Waals surface area contributed by atoms with Gasteiger partial charge >= 0.3 is 0 Å². The summed E-state index contributed by atoms with van der Waals surface area (Å²) < 4.78 is 19.6. The third-order valence-electron chi connectivity index (χ3n) is 5.96. The Balaban J connectivity index is 1.38. The number of guanidine groups is 1. The van der Waals surface area contributed by atoms with Crippen molar-refractivity contribution in [2.24, 2.45) is 10.9 Å². The van der Waals surface area contributed by atoms with Gasteiger partial charge in [0.15, 0.2) is 5.96 Å². The van der Waals surface area contributed by atoms with E-state index in [0.717, 1.165) is 76.5 Å². The molecule has 3 rings (SSSR count). The second-order valence-corrected chi connectivity index (χ2v) is 7.88. The fraction of sp³-hybridized carbons (Fsp3) is 0.682. The highest BCUT2D eigenvalue weighted by molar-refractivity contribution is 5.79. The number of aliphatic imine (C=N–C) groups is 1. The SMILES string of the molecule is CCOC1CCN(C(=NC)NCC2CCN(Cc3ccccc3F)CC2)CC1. The minimum Gasteiger partial charge on any atom is -0.378 e. The Morgan fingerprint density at radius 2 is 1.86 bits per heavy atom. The molecule has 1 N–H and O–H groups in total. The van der Waals surface area contributed by atoms with Gasteiger partial charge in [-0.2, -0.15) is 0 Å². The summed E-state index contributed by atoms with van der Waals surface area (Å²) in [6.07, 6.45) is 4.83. The van der Waals surface area contributed by atoms with E-state index in [0.29, 0.717) is 18.6 Å². The Morgan fingerprint density at radius 3 is 2.50 bits per heavy atom. The van der Waals surface area contributed by atoms with E-state index in [2.05, 4.69) is 27.0 Å². The summed E-state index contributed by atoms with van der Waals surface area (Å²) in [5.41, 5.74) is 0.801. The van der Waals surface area contributed by atoms with Crippen LogP contribution < -0.4 is 5.32 Å². The Hall–Kier alpha value is -1.66. The van der Waals surface area contributed by atoms with Crippen LogP contribution in [0.25, 0.3) is 0 Å². The number of ether oxygens (including phenoxy) is 1. The van der Waals surface area contributed by atoms with Crippen LogP contribution in [-0.4, -0.2) is 68.2 Å². The third-order valence-corrected chi connectivity index (χ3v) is 5.96. The number of halogens is 1. The fourth-order valence-corrected chi connectivity index (χ4v) is 4.25. The van der Waals surface area contributed by atoms with Crippen LogP contribution in [0.4, 0.5) is 4.39 Å². The first-order valence-corrected chi connectivity index (χ1v) is 10.7. The summed E-state index contributed by atoms with van der Waals surface area (Å²) in [6, 6.07) is 7.11. The van der Waals surface area contributed by atoms with Gasteiger partial charge in [-0.1, -0.05) is 18.2 Å². The summed E-state index contributed by atoms with van der Waals surface area (Å²) in [4.78, 5) is 9.20. The molecule has 2 saturated heterocycles. The molecule has 1 aromatic carbocycles. The number of hydrogen-bond acceptors (Lipinski definition) is 3. The lowest BCUT2D eigenvalue weighted by atomic mass is 9.96. The van der Waals surface area contributed by atoms with Crippen LogP contribution in [-0.2, 0) is 11.3 Å². The molecule has 0 aliphatic carbocycles. The summed E-state index contributed by atoms with van der Waals surface area (Å²) in [5.74, 6) is 1.57. The predicted octanol–water partition coefficient (Wildman–Crippen LogP) is 3.11. The van der Waals surface area contributed by atoms with E-state index in [1.807, 2.05) is 19.2 Å². The quantitative estimate of drug-likeness (QED) is 0.599. The van der Waals surface area contributed by atoms with Gasteiger partial charge in [0, 0.05) is 45.4 Å². The van der Waals surface area contributed by atoms with E-state index in [1.54, 1.807) is 12.1 Å². The third kappa shape index (κ3) is 5.92. The number of nitrogens with one attached hydrogen (secondary N) is 1. The van der Waals surface area contributed by atoms with Gasteiger partial charge < -0.3 is 15.0 Å². The van der Waals surface area contributed by atoms with Crippen molar-refractivity contribution in [3.8, 4) is 0 Å². The first-order chi connectivity index (χ1) is 13.7. The second kappa shape index (κ2) is 10.8. The van der Waals surface area contributed by atoms with Gasteiger partial charge in [-0.3, -0.25) is 9.89 Å². The number of piperidine rings is 2. The Bertz CT molecular complexity index is 623. The van der Waals surface area contributed by atoms with E-state index in [9.17, 15) is 4.39 Å². The van der Waals surface area contributed by atoms with Crippen molar-refractivity contribution in [2.45, 2.75) is 45.3 Å². The fourth-order valence-electron chi connectivity index (χ4n) is 4.25. The molecule has 0 radical (unpaired) electrons. The average Bonchev–Trinajstić information content (AvgIpc) is 2.73. The molecule has 0 atom stereocenters. The van der Waals surface area contributed by atoms with Crippen molar-refractivity contribution in [3.63, 3.8) is 0 Å². The maximum atomic E-state index is 13.9. The number of benzene rings is 1. The first-order valence-electron chi connectivity index (χ1n) is 10.7. The molecule has 5 nitrogen and oxygen atoms in total. The van der Waals surface area contributed by atoms with Crippen LogP contribution in [0.3, 0.4) is 0 Å². The van der Waals surface area contributed by atoms with Gasteiger partial charge in [-0.25, -0.2) is 4.39 Å². The van der Waals surface area contributed by atoms with E-state index in [4.69, 9.17) is 4.74 Å². The lowest BCUT2D eigenvalue weighted by molar-refractivity contribution is 0.0263. The molecule has 2 aliphatic rings. The number of hydrogen-bond donors (Lipinski definition) is 1. The largest absolute Gasteiger partial charge is 0.378 e. The van der Waals surface area contributed by atoms with Gasteiger partial charge in [0.2, 0.25) is 0 Å². The molecular formula is C22H35FN4O. The van der Waals surface area contributed by atoms with Crippen molar-refractivity contribution < 1.29 is 9.13 Å². The van der Waals surface area contributed by atoms with Gasteiger partial charge in [0.05, 0.1) is 6.10 Å². The molecule has 0 unspecified atom stereocenters. The minimum absolute atomic E-state index is 0.0943. The molecule has 2 heterocycles. The molecule has 6 heteroatoms. The van der Waals surface area contributed by atoms with Gasteiger partial charge in [0.1, 0.15) is 5.82 Å².